The number of piperazine rings is 1. The maximum atomic E-state index is 12.0. The van der Waals surface area contributed by atoms with E-state index in [0.29, 0.717) is 18.0 Å². The van der Waals surface area contributed by atoms with Crippen LogP contribution in [0.1, 0.15) is 18.4 Å². The second-order valence-electron chi connectivity index (χ2n) is 5.51. The predicted octanol–water partition coefficient (Wildman–Crippen LogP) is 1.73. The minimum Gasteiger partial charge on any atom is -0.496 e. The highest BCUT2D eigenvalue weighted by Crippen LogP contribution is 2.24. The zero-order valence-corrected chi connectivity index (χ0v) is 13.8. The average Bonchev–Trinajstić information content (AvgIpc) is 2.53. The zero-order chi connectivity index (χ0) is 15.9. The molecule has 0 radical (unpaired) electrons. The van der Waals surface area contributed by atoms with Crippen molar-refractivity contribution in [2.75, 3.05) is 39.8 Å². The number of amides is 1. The van der Waals surface area contributed by atoms with E-state index in [-0.39, 0.29) is 5.91 Å². The molecule has 0 bridgehead atoms. The molecule has 0 aliphatic carbocycles. The third-order valence-corrected chi connectivity index (χ3v) is 4.19. The lowest BCUT2D eigenvalue weighted by atomic mass is 10.1. The maximum absolute atomic E-state index is 12.0. The first-order chi connectivity index (χ1) is 10.6. The molecular weight excluding hydrogens is 302 g/mol. The molecule has 1 aromatic rings. The number of rotatable bonds is 6. The second-order valence-corrected chi connectivity index (χ2v) is 5.94. The number of hydrogen-bond donors (Lipinski definition) is 1. The molecule has 0 spiro atoms. The summed E-state index contributed by atoms with van der Waals surface area (Å²) in [4.78, 5) is 16.2. The lowest BCUT2D eigenvalue weighted by Gasteiger charge is -2.35. The highest BCUT2D eigenvalue weighted by atomic mass is 35.5. The van der Waals surface area contributed by atoms with E-state index in [1.807, 2.05) is 23.1 Å². The van der Waals surface area contributed by atoms with Crippen LogP contribution in [0.15, 0.2) is 18.2 Å². The van der Waals surface area contributed by atoms with E-state index in [9.17, 15) is 4.79 Å². The topological polar surface area (TPSA) is 58.8 Å². The van der Waals surface area contributed by atoms with Crippen molar-refractivity contribution in [2.45, 2.75) is 19.4 Å². The standard InChI is InChI=1S/C16H24ClN3O2/c1-22-15-5-4-14(17)11-13(15)12-19-7-9-20(10-8-19)16(21)3-2-6-18/h4-5,11H,2-3,6-10,12,18H2,1H3. The van der Waals surface area contributed by atoms with E-state index >= 15 is 0 Å². The third-order valence-electron chi connectivity index (χ3n) is 3.96. The molecule has 0 aromatic heterocycles. The van der Waals surface area contributed by atoms with Gasteiger partial charge in [0.25, 0.3) is 0 Å². The van der Waals surface area contributed by atoms with Gasteiger partial charge in [-0.3, -0.25) is 9.69 Å². The first-order valence-corrected chi connectivity index (χ1v) is 8.04. The summed E-state index contributed by atoms with van der Waals surface area (Å²) in [7, 11) is 1.67. The normalized spacial score (nSPS) is 15.9. The van der Waals surface area contributed by atoms with Crippen molar-refractivity contribution in [3.8, 4) is 5.75 Å². The van der Waals surface area contributed by atoms with Crippen LogP contribution in [-0.4, -0.2) is 55.5 Å². The monoisotopic (exact) mass is 325 g/mol. The number of ether oxygens (including phenoxy) is 1. The van der Waals surface area contributed by atoms with Crippen LogP contribution in [0.3, 0.4) is 0 Å². The van der Waals surface area contributed by atoms with E-state index in [0.717, 1.165) is 50.5 Å². The van der Waals surface area contributed by atoms with Crippen molar-refractivity contribution in [1.29, 1.82) is 0 Å². The van der Waals surface area contributed by atoms with E-state index in [4.69, 9.17) is 22.1 Å². The van der Waals surface area contributed by atoms with Crippen molar-refractivity contribution < 1.29 is 9.53 Å². The lowest BCUT2D eigenvalue weighted by Crippen LogP contribution is -2.48. The zero-order valence-electron chi connectivity index (χ0n) is 13.1. The molecule has 1 amide bonds. The second kappa shape index (κ2) is 8.36. The van der Waals surface area contributed by atoms with Gasteiger partial charge >= 0.3 is 0 Å². The van der Waals surface area contributed by atoms with Crippen LogP contribution in [-0.2, 0) is 11.3 Å². The van der Waals surface area contributed by atoms with E-state index in [1.54, 1.807) is 7.11 Å². The molecule has 1 heterocycles. The Morgan fingerprint density at radius 2 is 2.05 bits per heavy atom. The van der Waals surface area contributed by atoms with Crippen molar-refractivity contribution in [3.63, 3.8) is 0 Å². The van der Waals surface area contributed by atoms with Crippen molar-refractivity contribution in [2.24, 2.45) is 5.73 Å². The maximum Gasteiger partial charge on any atom is 0.222 e. The minimum atomic E-state index is 0.213. The molecule has 1 aliphatic rings. The molecule has 1 saturated heterocycles. The molecule has 2 N–H and O–H groups in total. The molecule has 5 nitrogen and oxygen atoms in total. The Kier molecular flexibility index (Phi) is 6.49. The van der Waals surface area contributed by atoms with Gasteiger partial charge in [-0.15, -0.1) is 0 Å². The molecule has 0 saturated carbocycles. The summed E-state index contributed by atoms with van der Waals surface area (Å²) in [5.74, 6) is 1.07. The number of carbonyl (C=O) groups excluding carboxylic acids is 1. The summed E-state index contributed by atoms with van der Waals surface area (Å²) in [5, 5.41) is 0.714. The first kappa shape index (κ1) is 17.1. The SMILES string of the molecule is COc1ccc(Cl)cc1CN1CCN(C(=O)CCCN)CC1. The van der Waals surface area contributed by atoms with Gasteiger partial charge in [0.15, 0.2) is 0 Å². The Morgan fingerprint density at radius 1 is 1.32 bits per heavy atom. The van der Waals surface area contributed by atoms with Crippen LogP contribution < -0.4 is 10.5 Å². The van der Waals surface area contributed by atoms with Gasteiger partial charge < -0.3 is 15.4 Å². The smallest absolute Gasteiger partial charge is 0.222 e. The Labute approximate surface area is 137 Å². The van der Waals surface area contributed by atoms with E-state index in [1.165, 1.54) is 0 Å². The van der Waals surface area contributed by atoms with Crippen LogP contribution in [0.4, 0.5) is 0 Å². The van der Waals surface area contributed by atoms with Gasteiger partial charge in [0, 0.05) is 49.7 Å². The van der Waals surface area contributed by atoms with Crippen LogP contribution in [0.25, 0.3) is 0 Å². The summed E-state index contributed by atoms with van der Waals surface area (Å²) < 4.78 is 5.38. The van der Waals surface area contributed by atoms with Crippen LogP contribution in [0.2, 0.25) is 5.02 Å². The third kappa shape index (κ3) is 4.60. The van der Waals surface area contributed by atoms with Crippen molar-refractivity contribution in [1.82, 2.24) is 9.80 Å². The number of hydrogen-bond acceptors (Lipinski definition) is 4. The lowest BCUT2D eigenvalue weighted by molar-refractivity contribution is -0.133. The van der Waals surface area contributed by atoms with Gasteiger partial charge in [-0.25, -0.2) is 0 Å². The summed E-state index contributed by atoms with van der Waals surface area (Å²) in [6, 6.07) is 5.67. The molecule has 22 heavy (non-hydrogen) atoms. The number of methoxy groups -OCH3 is 1. The fraction of sp³-hybridized carbons (Fsp3) is 0.562. The quantitative estimate of drug-likeness (QED) is 0.865. The van der Waals surface area contributed by atoms with Gasteiger partial charge in [-0.05, 0) is 31.2 Å². The van der Waals surface area contributed by atoms with Gasteiger partial charge in [-0.2, -0.15) is 0 Å². The van der Waals surface area contributed by atoms with Crippen LogP contribution in [0.5, 0.6) is 5.75 Å². The van der Waals surface area contributed by atoms with Gasteiger partial charge in [-0.1, -0.05) is 11.6 Å². The molecule has 6 heteroatoms. The Hall–Kier alpha value is -1.30. The van der Waals surface area contributed by atoms with Gasteiger partial charge in [0.1, 0.15) is 5.75 Å². The van der Waals surface area contributed by atoms with Crippen LogP contribution >= 0.6 is 11.6 Å². The first-order valence-electron chi connectivity index (χ1n) is 7.66. The molecular formula is C16H24ClN3O2. The Bertz CT molecular complexity index is 502. The van der Waals surface area contributed by atoms with Crippen LogP contribution in [0, 0.1) is 0 Å². The fourth-order valence-corrected chi connectivity index (χ4v) is 2.87. The van der Waals surface area contributed by atoms with Gasteiger partial charge in [0.2, 0.25) is 5.91 Å². The summed E-state index contributed by atoms with van der Waals surface area (Å²) >= 11 is 6.07. The Morgan fingerprint density at radius 3 is 2.68 bits per heavy atom. The largest absolute Gasteiger partial charge is 0.496 e. The van der Waals surface area contributed by atoms with E-state index < -0.39 is 0 Å². The highest BCUT2D eigenvalue weighted by molar-refractivity contribution is 6.30. The fourth-order valence-electron chi connectivity index (χ4n) is 2.68. The molecule has 1 aromatic carbocycles. The minimum absolute atomic E-state index is 0.213. The van der Waals surface area contributed by atoms with Crippen molar-refractivity contribution in [3.05, 3.63) is 28.8 Å². The van der Waals surface area contributed by atoms with Crippen molar-refractivity contribution >= 4 is 17.5 Å². The number of nitrogens with zero attached hydrogens (tertiary/aromatic N) is 2. The number of nitrogens with two attached hydrogens (primary N) is 1. The summed E-state index contributed by atoms with van der Waals surface area (Å²) in [6.45, 7) is 4.63. The molecule has 0 unspecified atom stereocenters. The Balaban J connectivity index is 1.87. The highest BCUT2D eigenvalue weighted by Gasteiger charge is 2.21. The van der Waals surface area contributed by atoms with Gasteiger partial charge in [0.05, 0.1) is 7.11 Å². The molecule has 1 fully saturated rings. The summed E-state index contributed by atoms with van der Waals surface area (Å²) in [6.07, 6.45) is 1.32. The average molecular weight is 326 g/mol. The summed E-state index contributed by atoms with van der Waals surface area (Å²) in [5.41, 5.74) is 6.53. The molecule has 122 valence electrons. The molecule has 0 atom stereocenters. The number of carbonyl (C=O) groups is 1. The van der Waals surface area contributed by atoms with E-state index in [2.05, 4.69) is 4.90 Å². The molecule has 1 aliphatic heterocycles. The number of benzene rings is 1. The predicted molar refractivity (Wildman–Crippen MR) is 88.1 cm³/mol. The number of halogens is 1. The molecule has 2 rings (SSSR count).